The molecule has 16 heteroatoms. The zero-order valence-electron chi connectivity index (χ0n) is 31.5. The highest BCUT2D eigenvalue weighted by Crippen LogP contribution is 2.34. The van der Waals surface area contributed by atoms with Crippen molar-refractivity contribution in [2.24, 2.45) is 5.18 Å². The summed E-state index contributed by atoms with van der Waals surface area (Å²) in [6.07, 6.45) is 3.40. The predicted molar refractivity (Wildman–Crippen MR) is 228 cm³/mol. The number of fused-ring (bicyclic) bond motifs is 2. The van der Waals surface area contributed by atoms with E-state index < -0.39 is 15.9 Å². The maximum atomic E-state index is 13.9. The third-order valence-electron chi connectivity index (χ3n) is 9.62. The van der Waals surface area contributed by atoms with Gasteiger partial charge in [-0.2, -0.15) is 0 Å². The largest absolute Gasteiger partial charge is 0.383 e. The Morgan fingerprint density at radius 2 is 1.70 bits per heavy atom. The monoisotopic (exact) mass is 822 g/mol. The van der Waals surface area contributed by atoms with E-state index in [0.717, 1.165) is 52.4 Å². The Bertz CT molecular complexity index is 2490. The minimum atomic E-state index is -4.41. The Balaban J connectivity index is 1.11. The average molecular weight is 823 g/mol. The van der Waals surface area contributed by atoms with Crippen molar-refractivity contribution in [2.45, 2.75) is 43.5 Å². The molecule has 3 N–H and O–H groups in total. The highest BCUT2D eigenvalue weighted by Gasteiger charge is 2.29. The molecule has 0 unspecified atom stereocenters. The fourth-order valence-corrected chi connectivity index (χ4v) is 9.67. The Morgan fingerprint density at radius 3 is 2.49 bits per heavy atom. The van der Waals surface area contributed by atoms with Crippen molar-refractivity contribution in [1.29, 1.82) is 0 Å². The van der Waals surface area contributed by atoms with Gasteiger partial charge in [-0.1, -0.05) is 65.9 Å². The number of rotatable bonds is 16. The zero-order valence-corrected chi connectivity index (χ0v) is 34.0. The van der Waals surface area contributed by atoms with E-state index in [-0.39, 0.29) is 22.2 Å². The van der Waals surface area contributed by atoms with Crippen molar-refractivity contribution in [1.82, 2.24) is 19.6 Å². The van der Waals surface area contributed by atoms with Gasteiger partial charge in [0.1, 0.15) is 11.4 Å². The van der Waals surface area contributed by atoms with Gasteiger partial charge < -0.3 is 15.1 Å². The van der Waals surface area contributed by atoms with E-state index in [9.17, 15) is 22.9 Å². The van der Waals surface area contributed by atoms with Gasteiger partial charge in [-0.25, -0.2) is 23.1 Å². The first kappa shape index (κ1) is 39.7. The lowest BCUT2D eigenvalue weighted by molar-refractivity contribution is 0.0975. The van der Waals surface area contributed by atoms with Gasteiger partial charge in [0.2, 0.25) is 0 Å². The number of sulfonamides is 1. The normalized spacial score (nSPS) is 12.7. The molecule has 6 aromatic rings. The van der Waals surface area contributed by atoms with Gasteiger partial charge in [-0.05, 0) is 111 Å². The van der Waals surface area contributed by atoms with Crippen molar-refractivity contribution < 1.29 is 18.0 Å². The second-order valence-electron chi connectivity index (χ2n) is 14.0. The summed E-state index contributed by atoms with van der Waals surface area (Å²) in [7, 11) is -0.486. The minimum absolute atomic E-state index is 0.0206. The number of amides is 2. The number of hydrogen-bond donors (Lipinski definition) is 3. The highest BCUT2D eigenvalue weighted by atomic mass is 32.2. The molecule has 0 saturated carbocycles. The summed E-state index contributed by atoms with van der Waals surface area (Å²) in [6.45, 7) is 2.34. The summed E-state index contributed by atoms with van der Waals surface area (Å²) >= 11 is 2.76. The van der Waals surface area contributed by atoms with Gasteiger partial charge in [0.15, 0.2) is 10.3 Å². The van der Waals surface area contributed by atoms with Gasteiger partial charge >= 0.3 is 0 Å². The van der Waals surface area contributed by atoms with Gasteiger partial charge in [-0.3, -0.25) is 14.9 Å². The molecule has 1 aliphatic rings. The summed E-state index contributed by atoms with van der Waals surface area (Å²) in [6, 6.07) is 27.4. The minimum Gasteiger partial charge on any atom is -0.383 e. The number of aromatic nitrogens is 2. The first-order valence-electron chi connectivity index (χ1n) is 18.6. The number of anilines is 3. The fourth-order valence-electron chi connectivity index (χ4n) is 6.72. The maximum Gasteiger partial charge on any atom is 0.284 e. The Morgan fingerprint density at radius 1 is 0.895 bits per heavy atom. The maximum absolute atomic E-state index is 13.9. The molecule has 0 aliphatic carbocycles. The summed E-state index contributed by atoms with van der Waals surface area (Å²) in [4.78, 5) is 53.0. The zero-order chi connectivity index (χ0) is 39.9. The van der Waals surface area contributed by atoms with E-state index >= 15 is 0 Å². The smallest absolute Gasteiger partial charge is 0.284 e. The lowest BCUT2D eigenvalue weighted by atomic mass is 9.94. The molecule has 2 amide bonds. The van der Waals surface area contributed by atoms with Crippen LogP contribution >= 0.6 is 22.7 Å². The van der Waals surface area contributed by atoms with Gasteiger partial charge in [0.25, 0.3) is 21.8 Å². The van der Waals surface area contributed by atoms with Crippen LogP contribution in [0.1, 0.15) is 55.3 Å². The first-order valence-corrected chi connectivity index (χ1v) is 21.7. The molecule has 0 saturated heterocycles. The first-order chi connectivity index (χ1) is 27.6. The topological polar surface area (TPSA) is 166 Å². The van der Waals surface area contributed by atoms with E-state index in [2.05, 4.69) is 25.5 Å². The van der Waals surface area contributed by atoms with Crippen LogP contribution < -0.4 is 20.3 Å². The van der Waals surface area contributed by atoms with E-state index in [1.54, 1.807) is 6.07 Å². The van der Waals surface area contributed by atoms with Crippen molar-refractivity contribution in [3.05, 3.63) is 129 Å². The number of nitroso groups, excluding NO2 is 1. The number of nitrogens with one attached hydrogen (secondary N) is 3. The van der Waals surface area contributed by atoms with Gasteiger partial charge in [-0.15, -0.1) is 16.2 Å². The van der Waals surface area contributed by atoms with E-state index in [1.165, 1.54) is 34.8 Å². The molecule has 0 spiro atoms. The third kappa shape index (κ3) is 9.53. The molecule has 0 bridgehead atoms. The van der Waals surface area contributed by atoms with Crippen LogP contribution in [-0.4, -0.2) is 68.8 Å². The Kier molecular flexibility index (Phi) is 12.3. The summed E-state index contributed by atoms with van der Waals surface area (Å²) in [5.41, 5.74) is 4.74. The van der Waals surface area contributed by atoms with Crippen molar-refractivity contribution in [2.75, 3.05) is 49.3 Å². The Labute approximate surface area is 339 Å². The predicted octanol–water partition coefficient (Wildman–Crippen LogP) is 7.62. The fraction of sp³-hybridized carbons (Fsp3) is 0.268. The summed E-state index contributed by atoms with van der Waals surface area (Å²) in [5, 5.41) is 10.2. The number of carbonyl (C=O) groups excluding carboxylic acids is 2. The van der Waals surface area contributed by atoms with Gasteiger partial charge in [0.05, 0.1) is 20.8 Å². The second-order valence-corrected chi connectivity index (χ2v) is 17.7. The molecule has 7 rings (SSSR count). The number of para-hydroxylation sites is 1. The molecular weight excluding hydrogens is 781 g/mol. The molecule has 3 heterocycles. The molecule has 0 radical (unpaired) electrons. The molecule has 13 nitrogen and oxygen atoms in total. The molecule has 0 atom stereocenters. The van der Waals surface area contributed by atoms with Crippen LogP contribution in [0.25, 0.3) is 10.2 Å². The van der Waals surface area contributed by atoms with Crippen LogP contribution in [0, 0.1) is 4.91 Å². The second kappa shape index (κ2) is 17.7. The average Bonchev–Trinajstić information content (AvgIpc) is 3.83. The standard InChI is InChI=1S/C41H42N8O5S3/c1-48(2)23-10-22-42-32-20-19-29(25-34(32)46-52)57(53,54)47-39(51)37-36(18-8-13-27-11-4-3-5-12-27)56-41(44-37)49-24-21-28-14-9-15-30(31(28)26-49)38(50)45-40-43-33-16-6-7-17-35(33)55-40/h3-7,9,11-12,14-17,19-20,25,42H,8,10,13,18,21-24,26H2,1-2H3,(H,47,51)(H,43,45,50). The molecule has 57 heavy (non-hydrogen) atoms. The van der Waals surface area contributed by atoms with Crippen LogP contribution in [0.15, 0.2) is 101 Å². The van der Waals surface area contributed by atoms with Crippen LogP contribution in [0.4, 0.5) is 21.6 Å². The Hall–Kier alpha value is -5.55. The molecule has 0 fully saturated rings. The number of thiazole rings is 2. The molecule has 4 aromatic carbocycles. The van der Waals surface area contributed by atoms with Crippen molar-refractivity contribution in [3.63, 3.8) is 0 Å². The summed E-state index contributed by atoms with van der Waals surface area (Å²) in [5.74, 6) is -1.13. The SMILES string of the molecule is CN(C)CCCNc1ccc(S(=O)(=O)NC(=O)c2nc(N3CCc4cccc(C(=O)Nc5nc6ccccc6s5)c4C3)sc2CCCc2ccccc2)cc1N=O. The number of hydrogen-bond acceptors (Lipinski definition) is 13. The van der Waals surface area contributed by atoms with Crippen LogP contribution in [0.5, 0.6) is 0 Å². The number of nitrogens with zero attached hydrogens (tertiary/aromatic N) is 5. The van der Waals surface area contributed by atoms with Gasteiger partial charge in [0, 0.05) is 30.1 Å². The summed E-state index contributed by atoms with van der Waals surface area (Å²) < 4.78 is 30.4. The highest BCUT2D eigenvalue weighted by molar-refractivity contribution is 7.90. The van der Waals surface area contributed by atoms with Crippen LogP contribution in [-0.2, 0) is 35.8 Å². The number of carbonyl (C=O) groups is 2. The van der Waals surface area contributed by atoms with Crippen LogP contribution in [0.3, 0.4) is 0 Å². The van der Waals surface area contributed by atoms with Crippen molar-refractivity contribution in [3.8, 4) is 0 Å². The number of aryl methyl sites for hydroxylation is 2. The number of benzene rings is 4. The van der Waals surface area contributed by atoms with E-state index in [1.807, 2.05) is 90.6 Å². The van der Waals surface area contributed by atoms with E-state index in [0.29, 0.717) is 65.3 Å². The lowest BCUT2D eigenvalue weighted by Crippen LogP contribution is -2.33. The van der Waals surface area contributed by atoms with Crippen molar-refractivity contribution >= 4 is 76.4 Å². The molecule has 1 aliphatic heterocycles. The molecule has 294 valence electrons. The van der Waals surface area contributed by atoms with Crippen LogP contribution in [0.2, 0.25) is 0 Å². The lowest BCUT2D eigenvalue weighted by Gasteiger charge is -2.29. The molecular formula is C41H42N8O5S3. The quantitative estimate of drug-likeness (QED) is 0.0653. The molecule has 2 aromatic heterocycles. The third-order valence-corrected chi connectivity index (χ3v) is 13.1. The van der Waals surface area contributed by atoms with E-state index in [4.69, 9.17) is 4.98 Å².